The van der Waals surface area contributed by atoms with Crippen molar-refractivity contribution in [1.29, 1.82) is 0 Å². The summed E-state index contributed by atoms with van der Waals surface area (Å²) in [7, 11) is 1.32. The van der Waals surface area contributed by atoms with Crippen LogP contribution in [0.5, 0.6) is 5.75 Å². The lowest BCUT2D eigenvalue weighted by Crippen LogP contribution is -2.10. The van der Waals surface area contributed by atoms with Gasteiger partial charge in [0.1, 0.15) is 5.75 Å². The molecule has 20 heavy (non-hydrogen) atoms. The Bertz CT molecular complexity index is 673. The summed E-state index contributed by atoms with van der Waals surface area (Å²) in [6, 6.07) is 5.16. The van der Waals surface area contributed by atoms with Crippen molar-refractivity contribution in [2.45, 2.75) is 20.0 Å². The summed E-state index contributed by atoms with van der Waals surface area (Å²) in [4.78, 5) is 16.0. The van der Waals surface area contributed by atoms with Crippen LogP contribution in [0.25, 0.3) is 10.9 Å². The number of aromatic nitrogens is 1. The maximum absolute atomic E-state index is 11.7. The van der Waals surface area contributed by atoms with Crippen LogP contribution in [0.15, 0.2) is 18.2 Å². The van der Waals surface area contributed by atoms with E-state index in [-0.39, 0.29) is 11.8 Å². The summed E-state index contributed by atoms with van der Waals surface area (Å²) in [5.41, 5.74) is 0.893. The number of esters is 1. The smallest absolute Gasteiger partial charge is 0.356 e. The molecule has 0 bridgehead atoms. The first-order chi connectivity index (χ1) is 9.42. The minimum Gasteiger partial charge on any atom is -0.490 e. The highest BCUT2D eigenvalue weighted by atomic mass is 127. The monoisotopic (exact) mass is 405 g/mol. The molecular weight excluding hydrogens is 393 g/mol. The molecule has 2 aromatic rings. The molecule has 0 spiro atoms. The fraction of sp³-hybridized carbons (Fsp3) is 0.286. The SMILES string of the molecule is COC(=O)c1cc(OC(C)C)c2cc(Cl)cc(I)c2n1. The van der Waals surface area contributed by atoms with Gasteiger partial charge in [0.25, 0.3) is 0 Å². The predicted octanol–water partition coefficient (Wildman–Crippen LogP) is 4.07. The Morgan fingerprint density at radius 2 is 2.05 bits per heavy atom. The molecule has 6 heteroatoms. The van der Waals surface area contributed by atoms with E-state index >= 15 is 0 Å². The number of hydrogen-bond donors (Lipinski definition) is 0. The molecule has 1 aromatic heterocycles. The third-order valence-electron chi connectivity index (χ3n) is 2.55. The highest BCUT2D eigenvalue weighted by Gasteiger charge is 2.16. The first-order valence-corrected chi connectivity index (χ1v) is 7.42. The van der Waals surface area contributed by atoms with Crippen LogP contribution in [0.3, 0.4) is 0 Å². The number of pyridine rings is 1. The summed E-state index contributed by atoms with van der Waals surface area (Å²) < 4.78 is 11.3. The van der Waals surface area contributed by atoms with E-state index in [0.717, 1.165) is 8.96 Å². The topological polar surface area (TPSA) is 48.4 Å². The van der Waals surface area contributed by atoms with Crippen molar-refractivity contribution >= 4 is 51.1 Å². The zero-order valence-electron chi connectivity index (χ0n) is 11.2. The molecule has 0 aliphatic carbocycles. The average molecular weight is 406 g/mol. The quantitative estimate of drug-likeness (QED) is 0.571. The lowest BCUT2D eigenvalue weighted by Gasteiger charge is -2.14. The largest absolute Gasteiger partial charge is 0.490 e. The van der Waals surface area contributed by atoms with Gasteiger partial charge >= 0.3 is 5.97 Å². The van der Waals surface area contributed by atoms with Crippen LogP contribution in [-0.2, 0) is 4.74 Å². The van der Waals surface area contributed by atoms with Crippen LogP contribution in [0.2, 0.25) is 5.02 Å². The molecule has 0 unspecified atom stereocenters. The van der Waals surface area contributed by atoms with Crippen molar-refractivity contribution < 1.29 is 14.3 Å². The molecule has 4 nitrogen and oxygen atoms in total. The van der Waals surface area contributed by atoms with Crippen molar-refractivity contribution in [2.24, 2.45) is 0 Å². The van der Waals surface area contributed by atoms with Gasteiger partial charge in [-0.3, -0.25) is 0 Å². The van der Waals surface area contributed by atoms with Gasteiger partial charge in [0.05, 0.1) is 18.7 Å². The number of rotatable bonds is 3. The van der Waals surface area contributed by atoms with Crippen LogP contribution in [-0.4, -0.2) is 24.2 Å². The van der Waals surface area contributed by atoms with Gasteiger partial charge in [-0.2, -0.15) is 0 Å². The van der Waals surface area contributed by atoms with Crippen LogP contribution in [0, 0.1) is 3.57 Å². The Balaban J connectivity index is 2.74. The normalized spacial score (nSPS) is 10.9. The average Bonchev–Trinajstić information content (AvgIpc) is 2.37. The number of ether oxygens (including phenoxy) is 2. The van der Waals surface area contributed by atoms with E-state index in [9.17, 15) is 4.79 Å². The van der Waals surface area contributed by atoms with Crippen molar-refractivity contribution in [3.8, 4) is 5.75 Å². The third kappa shape index (κ3) is 3.15. The second-order valence-electron chi connectivity index (χ2n) is 4.45. The summed E-state index contributed by atoms with van der Waals surface area (Å²) in [6.45, 7) is 3.83. The predicted molar refractivity (Wildman–Crippen MR) is 86.6 cm³/mol. The van der Waals surface area contributed by atoms with E-state index in [1.807, 2.05) is 13.8 Å². The fourth-order valence-electron chi connectivity index (χ4n) is 1.78. The first-order valence-electron chi connectivity index (χ1n) is 5.97. The number of halogens is 2. The molecule has 0 saturated heterocycles. The summed E-state index contributed by atoms with van der Waals surface area (Å²) >= 11 is 8.21. The number of hydrogen-bond acceptors (Lipinski definition) is 4. The minimum absolute atomic E-state index is 0.0252. The second-order valence-corrected chi connectivity index (χ2v) is 6.05. The molecule has 0 atom stereocenters. The van der Waals surface area contributed by atoms with Gasteiger partial charge in [-0.1, -0.05) is 11.6 Å². The molecule has 0 radical (unpaired) electrons. The number of methoxy groups -OCH3 is 1. The Morgan fingerprint density at radius 3 is 2.65 bits per heavy atom. The van der Waals surface area contributed by atoms with Gasteiger partial charge in [-0.25, -0.2) is 9.78 Å². The van der Waals surface area contributed by atoms with E-state index in [0.29, 0.717) is 16.3 Å². The van der Waals surface area contributed by atoms with E-state index < -0.39 is 5.97 Å². The van der Waals surface area contributed by atoms with Crippen LogP contribution in [0.1, 0.15) is 24.3 Å². The Morgan fingerprint density at radius 1 is 1.35 bits per heavy atom. The number of fused-ring (bicyclic) bond motifs is 1. The lowest BCUT2D eigenvalue weighted by molar-refractivity contribution is 0.0593. The number of nitrogens with zero attached hydrogens (tertiary/aromatic N) is 1. The molecule has 0 fully saturated rings. The van der Waals surface area contributed by atoms with Crippen LogP contribution >= 0.6 is 34.2 Å². The maximum Gasteiger partial charge on any atom is 0.356 e. The molecule has 0 saturated carbocycles. The van der Waals surface area contributed by atoms with Gasteiger partial charge in [0.15, 0.2) is 5.69 Å². The maximum atomic E-state index is 11.7. The first kappa shape index (κ1) is 15.3. The van der Waals surface area contributed by atoms with Crippen molar-refractivity contribution in [1.82, 2.24) is 4.98 Å². The van der Waals surface area contributed by atoms with Crippen molar-refractivity contribution in [3.05, 3.63) is 32.5 Å². The molecule has 0 aliphatic rings. The van der Waals surface area contributed by atoms with Gasteiger partial charge in [0, 0.05) is 20.0 Å². The van der Waals surface area contributed by atoms with E-state index in [2.05, 4.69) is 27.6 Å². The van der Waals surface area contributed by atoms with E-state index in [4.69, 9.17) is 21.1 Å². The highest BCUT2D eigenvalue weighted by Crippen LogP contribution is 2.32. The molecular formula is C14H13ClINO3. The van der Waals surface area contributed by atoms with Crippen LogP contribution in [0.4, 0.5) is 0 Å². The van der Waals surface area contributed by atoms with Crippen molar-refractivity contribution in [3.63, 3.8) is 0 Å². The van der Waals surface area contributed by atoms with Crippen molar-refractivity contribution in [2.75, 3.05) is 7.11 Å². The zero-order chi connectivity index (χ0) is 14.9. The standard InChI is InChI=1S/C14H13ClINO3/c1-7(2)20-12-6-11(14(18)19-3)17-13-9(12)4-8(15)5-10(13)16/h4-7H,1-3H3. The molecule has 1 aromatic carbocycles. The van der Waals surface area contributed by atoms with Gasteiger partial charge < -0.3 is 9.47 Å². The fourth-order valence-corrected chi connectivity index (χ4v) is 2.93. The molecule has 0 aliphatic heterocycles. The number of benzene rings is 1. The molecule has 0 amide bonds. The van der Waals surface area contributed by atoms with Crippen LogP contribution < -0.4 is 4.74 Å². The Hall–Kier alpha value is -1.08. The Kier molecular flexibility index (Phi) is 4.70. The number of carbonyl (C=O) groups is 1. The summed E-state index contributed by atoms with van der Waals surface area (Å²) in [6.07, 6.45) is -0.0252. The second kappa shape index (κ2) is 6.13. The molecule has 2 rings (SSSR count). The third-order valence-corrected chi connectivity index (χ3v) is 3.59. The Labute approximate surface area is 135 Å². The molecule has 0 N–H and O–H groups in total. The zero-order valence-corrected chi connectivity index (χ0v) is 14.2. The minimum atomic E-state index is -0.494. The van der Waals surface area contributed by atoms with E-state index in [1.165, 1.54) is 7.11 Å². The molecule has 1 heterocycles. The van der Waals surface area contributed by atoms with Gasteiger partial charge in [-0.15, -0.1) is 0 Å². The number of carbonyl (C=O) groups excluding carboxylic acids is 1. The molecule has 106 valence electrons. The summed E-state index contributed by atoms with van der Waals surface area (Å²) in [5, 5.41) is 1.38. The van der Waals surface area contributed by atoms with Gasteiger partial charge in [-0.05, 0) is 48.6 Å². The van der Waals surface area contributed by atoms with E-state index in [1.54, 1.807) is 18.2 Å². The van der Waals surface area contributed by atoms with Gasteiger partial charge in [0.2, 0.25) is 0 Å². The lowest BCUT2D eigenvalue weighted by atomic mass is 10.1. The summed E-state index contributed by atoms with van der Waals surface area (Å²) in [5.74, 6) is 0.0806. The highest BCUT2D eigenvalue weighted by molar-refractivity contribution is 14.1.